The first-order valence-electron chi connectivity index (χ1n) is 7.06. The number of aromatic amines is 1. The van der Waals surface area contributed by atoms with E-state index in [1.54, 1.807) is 0 Å². The molecule has 3 nitrogen and oxygen atoms in total. The molecule has 0 aliphatic rings. The molecule has 0 spiro atoms. The lowest BCUT2D eigenvalue weighted by molar-refractivity contribution is 0.0383. The molecule has 0 radical (unpaired) electrons. The molecule has 2 aromatic rings. The maximum absolute atomic E-state index is 10.3. The number of benzene rings is 1. The molecule has 1 unspecified atom stereocenters. The highest BCUT2D eigenvalue weighted by atomic mass is 35.5. The number of aromatic nitrogens is 1. The fourth-order valence-corrected chi connectivity index (χ4v) is 2.90. The molecule has 3 N–H and O–H groups in total. The van der Waals surface area contributed by atoms with Crippen LogP contribution in [0, 0.1) is 5.92 Å². The van der Waals surface area contributed by atoms with Gasteiger partial charge in [-0.05, 0) is 37.0 Å². The van der Waals surface area contributed by atoms with Crippen molar-refractivity contribution in [1.82, 2.24) is 10.3 Å². The summed E-state index contributed by atoms with van der Waals surface area (Å²) >= 11 is 5.97. The van der Waals surface area contributed by atoms with Crippen LogP contribution in [0.25, 0.3) is 10.9 Å². The maximum atomic E-state index is 10.3. The van der Waals surface area contributed by atoms with E-state index in [1.165, 1.54) is 10.9 Å². The fourth-order valence-electron chi connectivity index (χ4n) is 2.72. The normalized spacial score (nSPS) is 14.9. The van der Waals surface area contributed by atoms with Gasteiger partial charge in [0.25, 0.3) is 0 Å². The van der Waals surface area contributed by atoms with Crippen LogP contribution in [0.15, 0.2) is 24.4 Å². The van der Waals surface area contributed by atoms with Gasteiger partial charge in [-0.2, -0.15) is 0 Å². The lowest BCUT2D eigenvalue weighted by atomic mass is 9.94. The van der Waals surface area contributed by atoms with Gasteiger partial charge < -0.3 is 15.4 Å². The maximum Gasteiger partial charge on any atom is 0.0746 e. The molecule has 1 atom stereocenters. The molecule has 0 saturated heterocycles. The van der Waals surface area contributed by atoms with E-state index < -0.39 is 5.60 Å². The Bertz CT molecular complexity index is 575. The van der Waals surface area contributed by atoms with Crippen molar-refractivity contribution in [1.29, 1.82) is 0 Å². The van der Waals surface area contributed by atoms with Crippen LogP contribution < -0.4 is 5.32 Å². The summed E-state index contributed by atoms with van der Waals surface area (Å²) in [7, 11) is 0. The Kier molecular flexibility index (Phi) is 4.74. The highest BCUT2D eigenvalue weighted by molar-refractivity contribution is 6.31. The summed E-state index contributed by atoms with van der Waals surface area (Å²) in [6.45, 7) is 7.45. The Balaban J connectivity index is 1.96. The Hall–Kier alpha value is -1.03. The second-order valence-corrected chi connectivity index (χ2v) is 6.64. The molecule has 2 rings (SSSR count). The van der Waals surface area contributed by atoms with Crippen LogP contribution in [0.3, 0.4) is 0 Å². The van der Waals surface area contributed by atoms with Gasteiger partial charge in [0.05, 0.1) is 5.60 Å². The summed E-state index contributed by atoms with van der Waals surface area (Å²) in [6, 6.07) is 5.85. The summed E-state index contributed by atoms with van der Waals surface area (Å²) in [5.74, 6) is 0.488. The van der Waals surface area contributed by atoms with Crippen LogP contribution in [0.1, 0.15) is 32.8 Å². The third kappa shape index (κ3) is 3.98. The lowest BCUT2D eigenvalue weighted by Crippen LogP contribution is -2.38. The molecular formula is C16H23ClN2O. The molecule has 0 amide bonds. The van der Waals surface area contributed by atoms with Crippen molar-refractivity contribution in [2.45, 2.75) is 39.3 Å². The number of nitrogens with one attached hydrogen (secondary N) is 2. The third-order valence-electron chi connectivity index (χ3n) is 3.40. The van der Waals surface area contributed by atoms with Gasteiger partial charge in [0, 0.05) is 35.2 Å². The van der Waals surface area contributed by atoms with E-state index in [4.69, 9.17) is 11.6 Å². The lowest BCUT2D eigenvalue weighted by Gasteiger charge is -2.25. The Morgan fingerprint density at radius 3 is 2.85 bits per heavy atom. The Labute approximate surface area is 125 Å². The van der Waals surface area contributed by atoms with Crippen LogP contribution in [0.4, 0.5) is 0 Å². The minimum absolute atomic E-state index is 0.488. The number of fused-ring (bicyclic) bond motifs is 1. The number of aliphatic hydroxyl groups is 1. The highest BCUT2D eigenvalue weighted by Crippen LogP contribution is 2.22. The first kappa shape index (κ1) is 15.4. The van der Waals surface area contributed by atoms with Crippen LogP contribution in [0.5, 0.6) is 0 Å². The van der Waals surface area contributed by atoms with Gasteiger partial charge >= 0.3 is 0 Å². The van der Waals surface area contributed by atoms with Gasteiger partial charge in [-0.1, -0.05) is 31.5 Å². The summed E-state index contributed by atoms with van der Waals surface area (Å²) < 4.78 is 0. The van der Waals surface area contributed by atoms with Crippen LogP contribution in [0.2, 0.25) is 5.02 Å². The van der Waals surface area contributed by atoms with Gasteiger partial charge in [0.15, 0.2) is 0 Å². The summed E-state index contributed by atoms with van der Waals surface area (Å²) in [5.41, 5.74) is 1.57. The van der Waals surface area contributed by atoms with Crippen LogP contribution >= 0.6 is 11.6 Å². The molecule has 4 heteroatoms. The average Bonchev–Trinajstić information content (AvgIpc) is 2.69. The molecule has 0 fully saturated rings. The number of rotatable bonds is 6. The summed E-state index contributed by atoms with van der Waals surface area (Å²) in [4.78, 5) is 3.22. The SMILES string of the molecule is CC(C)CC(C)(O)CNCc1c[nH]c2cc(Cl)ccc12. The molecule has 1 aromatic heterocycles. The largest absolute Gasteiger partial charge is 0.389 e. The highest BCUT2D eigenvalue weighted by Gasteiger charge is 2.21. The molecule has 0 aliphatic heterocycles. The van der Waals surface area contributed by atoms with Gasteiger partial charge in [0.2, 0.25) is 0 Å². The van der Waals surface area contributed by atoms with E-state index in [0.717, 1.165) is 23.5 Å². The van der Waals surface area contributed by atoms with E-state index in [-0.39, 0.29) is 0 Å². The van der Waals surface area contributed by atoms with Crippen molar-refractivity contribution in [3.05, 3.63) is 35.0 Å². The van der Waals surface area contributed by atoms with Gasteiger partial charge in [0.1, 0.15) is 0 Å². The minimum atomic E-state index is -0.663. The number of hydrogen-bond acceptors (Lipinski definition) is 2. The van der Waals surface area contributed by atoms with Crippen molar-refractivity contribution >= 4 is 22.5 Å². The Morgan fingerprint density at radius 2 is 2.15 bits per heavy atom. The number of hydrogen-bond donors (Lipinski definition) is 3. The average molecular weight is 295 g/mol. The molecule has 0 aliphatic carbocycles. The first-order chi connectivity index (χ1) is 9.37. The van der Waals surface area contributed by atoms with Crippen molar-refractivity contribution in [3.8, 4) is 0 Å². The van der Waals surface area contributed by atoms with Crippen LogP contribution in [-0.4, -0.2) is 22.2 Å². The molecule has 110 valence electrons. The minimum Gasteiger partial charge on any atom is -0.389 e. The molecule has 1 aromatic carbocycles. The van der Waals surface area contributed by atoms with Crippen molar-refractivity contribution < 1.29 is 5.11 Å². The summed E-state index contributed by atoms with van der Waals surface area (Å²) in [5, 5.41) is 15.5. The van der Waals surface area contributed by atoms with Crippen LogP contribution in [-0.2, 0) is 6.54 Å². The molecule has 0 saturated carbocycles. The zero-order valence-corrected chi connectivity index (χ0v) is 13.1. The van der Waals surface area contributed by atoms with Gasteiger partial charge in [-0.15, -0.1) is 0 Å². The van der Waals surface area contributed by atoms with E-state index in [0.29, 0.717) is 12.5 Å². The molecular weight excluding hydrogens is 272 g/mol. The third-order valence-corrected chi connectivity index (χ3v) is 3.63. The molecule has 1 heterocycles. The van der Waals surface area contributed by atoms with E-state index >= 15 is 0 Å². The first-order valence-corrected chi connectivity index (χ1v) is 7.44. The number of halogens is 1. The van der Waals surface area contributed by atoms with Crippen molar-refractivity contribution in [3.63, 3.8) is 0 Å². The quantitative estimate of drug-likeness (QED) is 0.760. The summed E-state index contributed by atoms with van der Waals surface area (Å²) in [6.07, 6.45) is 2.79. The molecule has 20 heavy (non-hydrogen) atoms. The van der Waals surface area contributed by atoms with Gasteiger partial charge in [-0.25, -0.2) is 0 Å². The predicted octanol–water partition coefficient (Wildman–Crippen LogP) is 3.71. The van der Waals surface area contributed by atoms with Crippen molar-refractivity contribution in [2.75, 3.05) is 6.54 Å². The van der Waals surface area contributed by atoms with E-state index in [2.05, 4.69) is 24.1 Å². The zero-order chi connectivity index (χ0) is 14.8. The second-order valence-electron chi connectivity index (χ2n) is 6.20. The van der Waals surface area contributed by atoms with E-state index in [1.807, 2.05) is 31.3 Å². The molecule has 0 bridgehead atoms. The standard InChI is InChI=1S/C16H23ClN2O/c1-11(2)7-16(3,20)10-18-8-12-9-19-15-6-13(17)4-5-14(12)15/h4-6,9,11,18-20H,7-8,10H2,1-3H3. The zero-order valence-electron chi connectivity index (χ0n) is 12.3. The monoisotopic (exact) mass is 294 g/mol. The predicted molar refractivity (Wildman–Crippen MR) is 85.1 cm³/mol. The van der Waals surface area contributed by atoms with Crippen molar-refractivity contribution in [2.24, 2.45) is 5.92 Å². The fraction of sp³-hybridized carbons (Fsp3) is 0.500. The topological polar surface area (TPSA) is 48.0 Å². The number of H-pyrrole nitrogens is 1. The van der Waals surface area contributed by atoms with Gasteiger partial charge in [-0.3, -0.25) is 0 Å². The van der Waals surface area contributed by atoms with E-state index in [9.17, 15) is 5.11 Å². The Morgan fingerprint density at radius 1 is 1.40 bits per heavy atom. The second kappa shape index (κ2) is 6.17. The smallest absolute Gasteiger partial charge is 0.0746 e.